The molecule has 0 unspecified atom stereocenters. The van der Waals surface area contributed by atoms with E-state index in [0.717, 1.165) is 5.56 Å². The molecule has 8 nitrogen and oxygen atoms in total. The number of rotatable bonds is 7. The average molecular weight is 501 g/mol. The highest BCUT2D eigenvalue weighted by Crippen LogP contribution is 2.27. The quantitative estimate of drug-likeness (QED) is 0.325. The number of benzene rings is 2. The fourth-order valence-electron chi connectivity index (χ4n) is 4.05. The van der Waals surface area contributed by atoms with Crippen LogP contribution in [0.1, 0.15) is 52.0 Å². The summed E-state index contributed by atoms with van der Waals surface area (Å²) in [7, 11) is 0. The van der Waals surface area contributed by atoms with E-state index in [0.29, 0.717) is 34.8 Å². The first-order valence-corrected chi connectivity index (χ1v) is 12.3. The summed E-state index contributed by atoms with van der Waals surface area (Å²) in [6.45, 7) is 10.0. The van der Waals surface area contributed by atoms with Crippen molar-refractivity contribution >= 4 is 17.0 Å². The Labute approximate surface area is 216 Å². The van der Waals surface area contributed by atoms with Crippen molar-refractivity contribution in [1.29, 1.82) is 0 Å². The van der Waals surface area contributed by atoms with Gasteiger partial charge in [-0.2, -0.15) is 0 Å². The highest BCUT2D eigenvalue weighted by molar-refractivity contribution is 5.78. The molecule has 1 amide bonds. The Morgan fingerprint density at radius 2 is 1.78 bits per heavy atom. The average Bonchev–Trinajstić information content (AvgIpc) is 2.87. The molecule has 37 heavy (non-hydrogen) atoms. The molecule has 0 bridgehead atoms. The molecule has 4 rings (SSSR count). The van der Waals surface area contributed by atoms with Crippen LogP contribution in [0, 0.1) is 0 Å². The third-order valence-electron chi connectivity index (χ3n) is 5.75. The number of hydrogen-bond acceptors (Lipinski definition) is 6. The van der Waals surface area contributed by atoms with Crippen LogP contribution in [-0.2, 0) is 11.3 Å². The van der Waals surface area contributed by atoms with Crippen molar-refractivity contribution in [3.05, 3.63) is 94.8 Å². The molecule has 0 spiro atoms. The van der Waals surface area contributed by atoms with Crippen molar-refractivity contribution in [2.75, 3.05) is 6.61 Å². The fraction of sp³-hybridized carbons (Fsp3) is 0.310. The molecular weight excluding hydrogens is 468 g/mol. The van der Waals surface area contributed by atoms with Gasteiger partial charge in [-0.15, -0.1) is 0 Å². The maximum absolute atomic E-state index is 13.8. The van der Waals surface area contributed by atoms with Crippen LogP contribution in [0.5, 0.6) is 5.75 Å². The van der Waals surface area contributed by atoms with Crippen LogP contribution in [0.25, 0.3) is 16.6 Å². The third kappa shape index (κ3) is 5.97. The lowest BCUT2D eigenvalue weighted by molar-refractivity contribution is 0.0143. The lowest BCUT2D eigenvalue weighted by atomic mass is 10.1. The molecule has 0 saturated heterocycles. The maximum Gasteiger partial charge on any atom is 0.411 e. The first kappa shape index (κ1) is 25.9. The zero-order valence-corrected chi connectivity index (χ0v) is 21.8. The van der Waals surface area contributed by atoms with Crippen molar-refractivity contribution in [2.24, 2.45) is 0 Å². The van der Waals surface area contributed by atoms with E-state index in [2.05, 4.69) is 4.98 Å². The van der Waals surface area contributed by atoms with Gasteiger partial charge in [-0.1, -0.05) is 18.2 Å². The Morgan fingerprint density at radius 3 is 2.43 bits per heavy atom. The van der Waals surface area contributed by atoms with Crippen LogP contribution in [0.4, 0.5) is 4.79 Å². The van der Waals surface area contributed by atoms with E-state index in [1.165, 1.54) is 0 Å². The number of fused-ring (bicyclic) bond motifs is 1. The lowest BCUT2D eigenvalue weighted by Crippen LogP contribution is -2.40. The van der Waals surface area contributed by atoms with E-state index < -0.39 is 17.7 Å². The van der Waals surface area contributed by atoms with Gasteiger partial charge in [-0.05, 0) is 82.6 Å². The highest BCUT2D eigenvalue weighted by atomic mass is 16.6. The van der Waals surface area contributed by atoms with Crippen LogP contribution in [-0.4, -0.2) is 37.7 Å². The van der Waals surface area contributed by atoms with Gasteiger partial charge in [-0.3, -0.25) is 19.2 Å². The molecule has 2 aromatic heterocycles. The molecule has 2 aromatic carbocycles. The first-order chi connectivity index (χ1) is 17.7. The van der Waals surface area contributed by atoms with Crippen molar-refractivity contribution in [2.45, 2.75) is 52.8 Å². The Bertz CT molecular complexity index is 1430. The number of ether oxygens (including phenoxy) is 2. The smallest absolute Gasteiger partial charge is 0.411 e. The van der Waals surface area contributed by atoms with Gasteiger partial charge in [0.05, 0.1) is 35.8 Å². The summed E-state index contributed by atoms with van der Waals surface area (Å²) in [6, 6.07) is 17.6. The second-order valence-corrected chi connectivity index (χ2v) is 9.70. The zero-order valence-electron chi connectivity index (χ0n) is 21.8. The number of aromatic nitrogens is 3. The van der Waals surface area contributed by atoms with E-state index in [1.807, 2.05) is 83.1 Å². The molecule has 0 saturated carbocycles. The summed E-state index contributed by atoms with van der Waals surface area (Å²) >= 11 is 0. The van der Waals surface area contributed by atoms with E-state index in [4.69, 9.17) is 14.5 Å². The van der Waals surface area contributed by atoms with Crippen molar-refractivity contribution < 1.29 is 14.3 Å². The molecule has 2 heterocycles. The highest BCUT2D eigenvalue weighted by Gasteiger charge is 2.30. The molecule has 0 aliphatic rings. The first-order valence-electron chi connectivity index (χ1n) is 12.3. The summed E-state index contributed by atoms with van der Waals surface area (Å²) in [5.74, 6) is 1.12. The van der Waals surface area contributed by atoms with Gasteiger partial charge >= 0.3 is 6.09 Å². The van der Waals surface area contributed by atoms with Crippen LogP contribution < -0.4 is 10.3 Å². The monoisotopic (exact) mass is 500 g/mol. The largest absolute Gasteiger partial charge is 0.494 e. The molecule has 0 fully saturated rings. The van der Waals surface area contributed by atoms with Crippen LogP contribution in [0.2, 0.25) is 0 Å². The van der Waals surface area contributed by atoms with Gasteiger partial charge in [0.25, 0.3) is 5.56 Å². The molecule has 0 N–H and O–H groups in total. The molecule has 8 heteroatoms. The van der Waals surface area contributed by atoms with Gasteiger partial charge < -0.3 is 9.47 Å². The number of hydrogen-bond donors (Lipinski definition) is 0. The minimum absolute atomic E-state index is 0.220. The Morgan fingerprint density at radius 1 is 1.05 bits per heavy atom. The Kier molecular flexibility index (Phi) is 7.57. The molecule has 0 radical (unpaired) electrons. The minimum atomic E-state index is -0.699. The van der Waals surface area contributed by atoms with Crippen molar-refractivity contribution in [1.82, 2.24) is 19.4 Å². The van der Waals surface area contributed by atoms with Gasteiger partial charge in [0.1, 0.15) is 17.2 Å². The Hall–Kier alpha value is -4.20. The topological polar surface area (TPSA) is 86.6 Å². The van der Waals surface area contributed by atoms with E-state index in [9.17, 15) is 9.59 Å². The predicted octanol–water partition coefficient (Wildman–Crippen LogP) is 5.68. The number of nitrogens with zero attached hydrogens (tertiary/aromatic N) is 4. The van der Waals surface area contributed by atoms with Crippen LogP contribution in [0.3, 0.4) is 0 Å². The minimum Gasteiger partial charge on any atom is -0.494 e. The third-order valence-corrected chi connectivity index (χ3v) is 5.75. The molecule has 0 aliphatic heterocycles. The molecule has 0 aliphatic carbocycles. The van der Waals surface area contributed by atoms with Gasteiger partial charge in [0.2, 0.25) is 0 Å². The van der Waals surface area contributed by atoms with Gasteiger partial charge in [0.15, 0.2) is 0 Å². The van der Waals surface area contributed by atoms with E-state index >= 15 is 0 Å². The second-order valence-electron chi connectivity index (χ2n) is 9.70. The number of carbonyl (C=O) groups is 1. The molecule has 192 valence electrons. The fourth-order valence-corrected chi connectivity index (χ4v) is 4.05. The van der Waals surface area contributed by atoms with Gasteiger partial charge in [-0.25, -0.2) is 9.78 Å². The zero-order chi connectivity index (χ0) is 26.6. The van der Waals surface area contributed by atoms with E-state index in [1.54, 1.807) is 34.0 Å². The number of pyridine rings is 1. The predicted molar refractivity (Wildman–Crippen MR) is 143 cm³/mol. The lowest BCUT2D eigenvalue weighted by Gasteiger charge is -2.32. The van der Waals surface area contributed by atoms with Crippen molar-refractivity contribution in [3.63, 3.8) is 0 Å². The van der Waals surface area contributed by atoms with Crippen LogP contribution in [0.15, 0.2) is 77.9 Å². The summed E-state index contributed by atoms with van der Waals surface area (Å²) in [5, 5.41) is 0.489. The molecular formula is C29H32N4O4. The SMILES string of the molecule is CCOc1ccc(-n2c([C@@H](C)N(Cc3cccnc3)C(=O)OC(C)(C)C)nc3ccccc3c2=O)cc1. The number of para-hydroxylation sites is 1. The summed E-state index contributed by atoms with van der Waals surface area (Å²) in [6.07, 6.45) is 2.88. The van der Waals surface area contributed by atoms with E-state index in [-0.39, 0.29) is 12.1 Å². The van der Waals surface area contributed by atoms with Crippen LogP contribution >= 0.6 is 0 Å². The summed E-state index contributed by atoms with van der Waals surface area (Å²) in [5.41, 5.74) is 1.09. The standard InChI is InChI=1S/C29H32N4O4/c1-6-36-23-15-13-22(14-16-23)33-26(31-25-12-8-7-11-24(25)27(33)34)20(2)32(28(35)37-29(3,4)5)19-21-10-9-17-30-18-21/h7-18,20H,6,19H2,1-5H3/t20-/m1/s1. The maximum atomic E-state index is 13.8. The number of carbonyl (C=O) groups excluding carboxylic acids is 1. The summed E-state index contributed by atoms with van der Waals surface area (Å²) < 4.78 is 12.9. The van der Waals surface area contributed by atoms with Crippen molar-refractivity contribution in [3.8, 4) is 11.4 Å². The summed E-state index contributed by atoms with van der Waals surface area (Å²) in [4.78, 5) is 37.9. The molecule has 4 aromatic rings. The normalized spacial score (nSPS) is 12.2. The van der Waals surface area contributed by atoms with Gasteiger partial charge in [0, 0.05) is 12.4 Å². The molecule has 1 atom stereocenters. The number of amides is 1. The second kappa shape index (κ2) is 10.8. The Balaban J connectivity index is 1.87.